The molecule has 2 atom stereocenters. The van der Waals surface area contributed by atoms with Gasteiger partial charge in [-0.05, 0) is 37.9 Å². The molecule has 1 rings (SSSR count). The van der Waals surface area contributed by atoms with Gasteiger partial charge < -0.3 is 10.5 Å². The molecule has 1 fully saturated rings. The largest absolute Gasteiger partial charge is 0.465 e. The van der Waals surface area contributed by atoms with Crippen LogP contribution in [0.25, 0.3) is 0 Å². The van der Waals surface area contributed by atoms with Gasteiger partial charge in [0.05, 0.1) is 12.4 Å². The fourth-order valence-corrected chi connectivity index (χ4v) is 2.88. The average molecular weight is 231 g/mol. The second kappa shape index (κ2) is 7.12. The molecule has 0 bridgehead atoms. The maximum atomic E-state index is 11.0. The highest BCUT2D eigenvalue weighted by Crippen LogP contribution is 2.27. The molecular formula is C11H21NO2S. The molecule has 3 nitrogen and oxygen atoms in total. The third-order valence-corrected chi connectivity index (χ3v) is 3.84. The predicted octanol–water partition coefficient (Wildman–Crippen LogP) is 1.80. The van der Waals surface area contributed by atoms with Gasteiger partial charge in [0, 0.05) is 6.04 Å². The first-order valence-electron chi connectivity index (χ1n) is 5.73. The quantitative estimate of drug-likeness (QED) is 0.559. The van der Waals surface area contributed by atoms with Crippen molar-refractivity contribution in [2.75, 3.05) is 18.1 Å². The fourth-order valence-electron chi connectivity index (χ4n) is 2.02. The first-order chi connectivity index (χ1) is 7.24. The van der Waals surface area contributed by atoms with Crippen LogP contribution in [0.1, 0.15) is 32.6 Å². The predicted molar refractivity (Wildman–Crippen MR) is 63.9 cm³/mol. The van der Waals surface area contributed by atoms with Crippen LogP contribution < -0.4 is 5.73 Å². The van der Waals surface area contributed by atoms with Gasteiger partial charge >= 0.3 is 5.97 Å². The zero-order chi connectivity index (χ0) is 11.1. The summed E-state index contributed by atoms with van der Waals surface area (Å²) in [5.74, 6) is 2.09. The second-order valence-corrected chi connectivity index (χ2v) is 5.11. The summed E-state index contributed by atoms with van der Waals surface area (Å²) >= 11 is 1.66. The van der Waals surface area contributed by atoms with Crippen LogP contribution in [0.5, 0.6) is 0 Å². The highest BCUT2D eigenvalue weighted by molar-refractivity contribution is 7.99. The van der Waals surface area contributed by atoms with Crippen LogP contribution in [-0.2, 0) is 9.53 Å². The van der Waals surface area contributed by atoms with Crippen LogP contribution in [0.2, 0.25) is 0 Å². The Morgan fingerprint density at radius 3 is 2.93 bits per heavy atom. The molecule has 1 aliphatic rings. The topological polar surface area (TPSA) is 52.3 Å². The van der Waals surface area contributed by atoms with E-state index in [9.17, 15) is 4.79 Å². The van der Waals surface area contributed by atoms with E-state index in [0.29, 0.717) is 24.3 Å². The van der Waals surface area contributed by atoms with Gasteiger partial charge in [-0.1, -0.05) is 6.42 Å². The summed E-state index contributed by atoms with van der Waals surface area (Å²) in [5.41, 5.74) is 5.97. The number of hydrogen-bond donors (Lipinski definition) is 1. The minimum Gasteiger partial charge on any atom is -0.465 e. The highest BCUT2D eigenvalue weighted by Gasteiger charge is 2.23. The number of rotatable bonds is 6. The molecule has 0 heterocycles. The summed E-state index contributed by atoms with van der Waals surface area (Å²) in [5, 5.41) is 0. The third kappa shape index (κ3) is 4.89. The zero-order valence-electron chi connectivity index (χ0n) is 9.41. The summed E-state index contributed by atoms with van der Waals surface area (Å²) < 4.78 is 4.85. The van der Waals surface area contributed by atoms with E-state index in [4.69, 9.17) is 10.5 Å². The smallest absolute Gasteiger partial charge is 0.315 e. The second-order valence-electron chi connectivity index (χ2n) is 4.00. The Balaban J connectivity index is 1.99. The molecule has 0 saturated heterocycles. The van der Waals surface area contributed by atoms with Gasteiger partial charge in [0.15, 0.2) is 0 Å². The molecule has 0 aliphatic heterocycles. The Bertz CT molecular complexity index is 199. The van der Waals surface area contributed by atoms with Crippen molar-refractivity contribution in [1.82, 2.24) is 0 Å². The van der Waals surface area contributed by atoms with E-state index in [-0.39, 0.29) is 5.97 Å². The molecular weight excluding hydrogens is 210 g/mol. The van der Waals surface area contributed by atoms with Crippen LogP contribution in [0.15, 0.2) is 0 Å². The van der Waals surface area contributed by atoms with Crippen molar-refractivity contribution in [3.05, 3.63) is 0 Å². The maximum Gasteiger partial charge on any atom is 0.315 e. The van der Waals surface area contributed by atoms with Gasteiger partial charge in [-0.3, -0.25) is 4.79 Å². The van der Waals surface area contributed by atoms with Crippen molar-refractivity contribution in [3.8, 4) is 0 Å². The summed E-state index contributed by atoms with van der Waals surface area (Å²) in [6.07, 6.45) is 4.86. The Labute approximate surface area is 96.1 Å². The number of esters is 1. The zero-order valence-corrected chi connectivity index (χ0v) is 10.2. The van der Waals surface area contributed by atoms with E-state index in [1.807, 2.05) is 6.92 Å². The first-order valence-corrected chi connectivity index (χ1v) is 6.88. The van der Waals surface area contributed by atoms with Gasteiger partial charge in [-0.25, -0.2) is 0 Å². The number of nitrogens with two attached hydrogens (primary N) is 1. The lowest BCUT2D eigenvalue weighted by Crippen LogP contribution is -2.24. The lowest BCUT2D eigenvalue weighted by molar-refractivity contribution is -0.139. The molecule has 0 aromatic rings. The lowest BCUT2D eigenvalue weighted by atomic mass is 10.0. The summed E-state index contributed by atoms with van der Waals surface area (Å²) in [4.78, 5) is 11.0. The number of thioether (sulfide) groups is 1. The van der Waals surface area contributed by atoms with Crippen LogP contribution in [0, 0.1) is 5.92 Å². The van der Waals surface area contributed by atoms with Crippen molar-refractivity contribution in [2.24, 2.45) is 11.7 Å². The summed E-state index contributed by atoms with van der Waals surface area (Å²) in [7, 11) is 0. The maximum absolute atomic E-state index is 11.0. The van der Waals surface area contributed by atoms with Crippen molar-refractivity contribution >= 4 is 17.7 Å². The number of carbonyl (C=O) groups is 1. The Hall–Kier alpha value is -0.220. The van der Waals surface area contributed by atoms with Crippen molar-refractivity contribution < 1.29 is 9.53 Å². The van der Waals surface area contributed by atoms with Crippen molar-refractivity contribution in [1.29, 1.82) is 0 Å². The number of ether oxygens (including phenoxy) is 1. The first kappa shape index (κ1) is 12.8. The molecule has 4 heteroatoms. The summed E-state index contributed by atoms with van der Waals surface area (Å²) in [6, 6.07) is 0.396. The van der Waals surface area contributed by atoms with Gasteiger partial charge in [0.2, 0.25) is 0 Å². The van der Waals surface area contributed by atoms with E-state index in [0.717, 1.165) is 12.2 Å². The molecule has 88 valence electrons. The van der Waals surface area contributed by atoms with Crippen molar-refractivity contribution in [3.63, 3.8) is 0 Å². The molecule has 0 radical (unpaired) electrons. The van der Waals surface area contributed by atoms with E-state index < -0.39 is 0 Å². The minimum absolute atomic E-state index is 0.0989. The Morgan fingerprint density at radius 1 is 1.53 bits per heavy atom. The third-order valence-electron chi connectivity index (χ3n) is 2.88. The molecule has 0 amide bonds. The van der Waals surface area contributed by atoms with Crippen LogP contribution in [-0.4, -0.2) is 30.1 Å². The lowest BCUT2D eigenvalue weighted by Gasteiger charge is -2.14. The van der Waals surface area contributed by atoms with Gasteiger partial charge in [0.1, 0.15) is 0 Å². The van der Waals surface area contributed by atoms with E-state index in [1.54, 1.807) is 11.8 Å². The molecule has 2 N–H and O–H groups in total. The Morgan fingerprint density at radius 2 is 2.33 bits per heavy atom. The van der Waals surface area contributed by atoms with E-state index >= 15 is 0 Å². The average Bonchev–Trinajstić information content (AvgIpc) is 2.60. The monoisotopic (exact) mass is 231 g/mol. The molecule has 0 spiro atoms. The minimum atomic E-state index is -0.0989. The summed E-state index contributed by atoms with van der Waals surface area (Å²) in [6.45, 7) is 2.31. The van der Waals surface area contributed by atoms with E-state index in [2.05, 4.69) is 0 Å². The highest BCUT2D eigenvalue weighted by atomic mass is 32.2. The molecule has 0 aromatic heterocycles. The van der Waals surface area contributed by atoms with Gasteiger partial charge in [0.25, 0.3) is 0 Å². The molecule has 15 heavy (non-hydrogen) atoms. The van der Waals surface area contributed by atoms with E-state index in [1.165, 1.54) is 19.3 Å². The molecule has 1 saturated carbocycles. The molecule has 2 unspecified atom stereocenters. The Kier molecular flexibility index (Phi) is 6.10. The van der Waals surface area contributed by atoms with Crippen LogP contribution in [0.4, 0.5) is 0 Å². The van der Waals surface area contributed by atoms with Gasteiger partial charge in [-0.2, -0.15) is 11.8 Å². The normalized spacial score (nSPS) is 25.5. The SMILES string of the molecule is CCOC(=O)CSCCC1CCCC1N. The van der Waals surface area contributed by atoms with Gasteiger partial charge in [-0.15, -0.1) is 0 Å². The standard InChI is InChI=1S/C11H21NO2S/c1-2-14-11(13)8-15-7-6-9-4-3-5-10(9)12/h9-10H,2-8,12H2,1H3. The number of carbonyl (C=O) groups excluding carboxylic acids is 1. The molecule has 1 aliphatic carbocycles. The molecule has 0 aromatic carbocycles. The van der Waals surface area contributed by atoms with Crippen molar-refractivity contribution in [2.45, 2.75) is 38.6 Å². The van der Waals surface area contributed by atoms with Crippen LogP contribution in [0.3, 0.4) is 0 Å². The fraction of sp³-hybridized carbons (Fsp3) is 0.909. The number of hydrogen-bond acceptors (Lipinski definition) is 4. The van der Waals surface area contributed by atoms with Crippen LogP contribution >= 0.6 is 11.8 Å².